The smallest absolute Gasteiger partial charge is 0.269 e. The van der Waals surface area contributed by atoms with Gasteiger partial charge in [-0.15, -0.1) is 0 Å². The average Bonchev–Trinajstić information content (AvgIpc) is 3.00. The zero-order valence-corrected chi connectivity index (χ0v) is 13.8. The molecule has 0 bridgehead atoms. The minimum Gasteiger partial charge on any atom is -0.350 e. The molecule has 0 saturated carbocycles. The number of rotatable bonds is 5. The first-order valence-electron chi connectivity index (χ1n) is 7.00. The van der Waals surface area contributed by atoms with Crippen molar-refractivity contribution in [3.8, 4) is 5.82 Å². The van der Waals surface area contributed by atoms with Gasteiger partial charge in [0.1, 0.15) is 17.8 Å². The Morgan fingerprint density at radius 3 is 2.77 bits per heavy atom. The van der Waals surface area contributed by atoms with Gasteiger partial charge in [-0.05, 0) is 32.9 Å². The summed E-state index contributed by atoms with van der Waals surface area (Å²) in [5.74, 6) is 0.785. The molecule has 1 atom stereocenters. The third kappa shape index (κ3) is 4.24. The number of carbonyl (C=O) groups excluding carboxylic acids is 1. The maximum Gasteiger partial charge on any atom is 0.269 e. The van der Waals surface area contributed by atoms with Gasteiger partial charge >= 0.3 is 0 Å². The van der Waals surface area contributed by atoms with Crippen LogP contribution >= 0.6 is 0 Å². The van der Waals surface area contributed by atoms with E-state index in [1.54, 1.807) is 41.5 Å². The Balaban J connectivity index is 1.96. The van der Waals surface area contributed by atoms with Gasteiger partial charge < -0.3 is 5.32 Å². The first-order valence-corrected chi connectivity index (χ1v) is 8.32. The maximum atomic E-state index is 12.1. The number of carbonyl (C=O) groups is 1. The Morgan fingerprint density at radius 2 is 2.14 bits per heavy atom. The van der Waals surface area contributed by atoms with Crippen LogP contribution in [0.1, 0.15) is 31.3 Å². The highest BCUT2D eigenvalue weighted by atomic mass is 32.2. The lowest BCUT2D eigenvalue weighted by Crippen LogP contribution is -2.33. The Kier molecular flexibility index (Phi) is 5.07. The number of hydrogen-bond acceptors (Lipinski definition) is 4. The number of nitrogens with zero attached hydrogens (tertiary/aromatic N) is 3. The van der Waals surface area contributed by atoms with Crippen LogP contribution in [0, 0.1) is 0 Å². The minimum atomic E-state index is -0.986. The topological polar surface area (TPSA) is 76.9 Å². The van der Waals surface area contributed by atoms with E-state index >= 15 is 0 Å². The fraction of sp³-hybridized carbons (Fsp3) is 0.400. The van der Waals surface area contributed by atoms with Crippen molar-refractivity contribution in [3.63, 3.8) is 0 Å². The predicted octanol–water partition coefficient (Wildman–Crippen LogP) is 1.54. The van der Waals surface area contributed by atoms with Gasteiger partial charge in [0.2, 0.25) is 0 Å². The maximum absolute atomic E-state index is 12.1. The van der Waals surface area contributed by atoms with Crippen LogP contribution in [0.25, 0.3) is 5.82 Å². The molecule has 6 nitrogen and oxygen atoms in total. The van der Waals surface area contributed by atoms with Crippen LogP contribution in [0.3, 0.4) is 0 Å². The summed E-state index contributed by atoms with van der Waals surface area (Å²) >= 11 is 0. The second-order valence-electron chi connectivity index (χ2n) is 5.77. The first-order chi connectivity index (χ1) is 10.4. The van der Waals surface area contributed by atoms with Crippen molar-refractivity contribution in [3.05, 3.63) is 42.6 Å². The van der Waals surface area contributed by atoms with E-state index in [2.05, 4.69) is 15.3 Å². The lowest BCUT2D eigenvalue weighted by Gasteiger charge is -2.17. The zero-order chi connectivity index (χ0) is 16.2. The number of imidazole rings is 1. The Labute approximate surface area is 132 Å². The summed E-state index contributed by atoms with van der Waals surface area (Å²) in [4.78, 5) is 20.4. The van der Waals surface area contributed by atoms with Gasteiger partial charge in [-0.25, -0.2) is 9.97 Å². The van der Waals surface area contributed by atoms with Crippen molar-refractivity contribution in [1.82, 2.24) is 19.9 Å². The van der Waals surface area contributed by atoms with E-state index in [4.69, 9.17) is 0 Å². The number of aromatic nitrogens is 3. The number of nitrogens with one attached hydrogen (secondary N) is 1. The van der Waals surface area contributed by atoms with Crippen LogP contribution in [0.2, 0.25) is 0 Å². The van der Waals surface area contributed by atoms with E-state index in [1.807, 2.05) is 20.8 Å². The molecule has 2 aromatic heterocycles. The highest BCUT2D eigenvalue weighted by molar-refractivity contribution is 7.86. The van der Waals surface area contributed by atoms with Gasteiger partial charge in [0.05, 0.1) is 0 Å². The lowest BCUT2D eigenvalue weighted by atomic mass is 10.3. The Bertz CT molecular complexity index is 662. The molecule has 0 aliphatic rings. The molecule has 1 amide bonds. The van der Waals surface area contributed by atoms with Gasteiger partial charge in [0, 0.05) is 40.2 Å². The number of hydrogen-bond donors (Lipinski definition) is 1. The zero-order valence-electron chi connectivity index (χ0n) is 12.9. The van der Waals surface area contributed by atoms with Crippen LogP contribution in [-0.4, -0.2) is 41.7 Å². The van der Waals surface area contributed by atoms with Crippen molar-refractivity contribution < 1.29 is 9.00 Å². The van der Waals surface area contributed by atoms with Crippen LogP contribution in [0.5, 0.6) is 0 Å². The molecule has 0 radical (unpaired) electrons. The van der Waals surface area contributed by atoms with Crippen LogP contribution in [0.4, 0.5) is 0 Å². The standard InChI is InChI=1S/C15H20N4O2S/c1-15(2,3)22(21)10-8-17-14(20)12-5-4-6-13(18-12)19-9-7-16-11-19/h4-7,9,11H,8,10H2,1-3H3,(H,17,20). The molecule has 7 heteroatoms. The summed E-state index contributed by atoms with van der Waals surface area (Å²) in [6.07, 6.45) is 5.03. The van der Waals surface area contributed by atoms with E-state index in [9.17, 15) is 9.00 Å². The summed E-state index contributed by atoms with van der Waals surface area (Å²) in [6.45, 7) is 6.11. The predicted molar refractivity (Wildman–Crippen MR) is 86.5 cm³/mol. The largest absolute Gasteiger partial charge is 0.350 e. The van der Waals surface area contributed by atoms with E-state index < -0.39 is 10.8 Å². The molecule has 0 fully saturated rings. The minimum absolute atomic E-state index is 0.270. The Hall–Kier alpha value is -2.02. The normalized spacial score (nSPS) is 12.9. The second kappa shape index (κ2) is 6.83. The molecule has 22 heavy (non-hydrogen) atoms. The van der Waals surface area contributed by atoms with E-state index in [1.165, 1.54) is 0 Å². The van der Waals surface area contributed by atoms with Crippen molar-refractivity contribution >= 4 is 16.7 Å². The molecule has 2 aromatic rings. The Morgan fingerprint density at radius 1 is 1.36 bits per heavy atom. The molecule has 1 N–H and O–H groups in total. The van der Waals surface area contributed by atoms with Gasteiger partial charge in [-0.2, -0.15) is 0 Å². The molecular formula is C15H20N4O2S. The van der Waals surface area contributed by atoms with Crippen LogP contribution < -0.4 is 5.32 Å². The summed E-state index contributed by atoms with van der Waals surface area (Å²) in [6, 6.07) is 5.22. The van der Waals surface area contributed by atoms with E-state index in [0.29, 0.717) is 23.8 Å². The summed E-state index contributed by atoms with van der Waals surface area (Å²) in [5.41, 5.74) is 0.327. The van der Waals surface area contributed by atoms with E-state index in [0.717, 1.165) is 0 Å². The monoisotopic (exact) mass is 320 g/mol. The van der Waals surface area contributed by atoms with Crippen molar-refractivity contribution in [2.45, 2.75) is 25.5 Å². The highest BCUT2D eigenvalue weighted by Crippen LogP contribution is 2.10. The summed E-state index contributed by atoms with van der Waals surface area (Å²) in [7, 11) is -0.986. The quantitative estimate of drug-likeness (QED) is 0.906. The second-order valence-corrected chi connectivity index (χ2v) is 8.09. The van der Waals surface area contributed by atoms with Gasteiger partial charge in [0.15, 0.2) is 0 Å². The van der Waals surface area contributed by atoms with Gasteiger partial charge in [0.25, 0.3) is 5.91 Å². The average molecular weight is 320 g/mol. The van der Waals surface area contributed by atoms with Gasteiger partial charge in [-0.3, -0.25) is 13.6 Å². The third-order valence-corrected chi connectivity index (χ3v) is 4.93. The molecule has 0 spiro atoms. The fourth-order valence-electron chi connectivity index (χ4n) is 1.74. The van der Waals surface area contributed by atoms with Crippen molar-refractivity contribution in [2.24, 2.45) is 0 Å². The van der Waals surface area contributed by atoms with Crippen LogP contribution in [0.15, 0.2) is 36.9 Å². The van der Waals surface area contributed by atoms with Gasteiger partial charge in [-0.1, -0.05) is 6.07 Å². The molecule has 0 saturated heterocycles. The molecule has 0 aromatic carbocycles. The van der Waals surface area contributed by atoms with E-state index in [-0.39, 0.29) is 10.7 Å². The number of amides is 1. The first kappa shape index (κ1) is 16.4. The highest BCUT2D eigenvalue weighted by Gasteiger charge is 2.19. The molecule has 1 unspecified atom stereocenters. The molecule has 2 heterocycles. The lowest BCUT2D eigenvalue weighted by molar-refractivity contribution is 0.0951. The van der Waals surface area contributed by atoms with Crippen molar-refractivity contribution in [1.29, 1.82) is 0 Å². The summed E-state index contributed by atoms with van der Waals surface area (Å²) in [5, 5.41) is 2.76. The molecule has 0 aliphatic carbocycles. The third-order valence-electron chi connectivity index (χ3n) is 2.99. The van der Waals surface area contributed by atoms with Crippen molar-refractivity contribution in [2.75, 3.05) is 12.3 Å². The fourth-order valence-corrected chi connectivity index (χ4v) is 2.64. The molecule has 0 aliphatic heterocycles. The molecule has 118 valence electrons. The van der Waals surface area contributed by atoms with Crippen LogP contribution in [-0.2, 0) is 10.8 Å². The SMILES string of the molecule is CC(C)(C)S(=O)CCNC(=O)c1cccc(-n2ccnc2)n1. The number of pyridine rings is 1. The molecular weight excluding hydrogens is 300 g/mol. The summed E-state index contributed by atoms with van der Waals surface area (Å²) < 4.78 is 13.4. The molecule has 2 rings (SSSR count).